The highest BCUT2D eigenvalue weighted by Gasteiger charge is 2.31. The Morgan fingerprint density at radius 2 is 2.30 bits per heavy atom. The number of hydrogen-bond donors (Lipinski definition) is 3. The third-order valence-electron chi connectivity index (χ3n) is 3.54. The van der Waals surface area contributed by atoms with Crippen molar-refractivity contribution < 1.29 is 14.7 Å². The van der Waals surface area contributed by atoms with Crippen LogP contribution in [0.1, 0.15) is 24.5 Å². The van der Waals surface area contributed by atoms with Crippen LogP contribution in [-0.2, 0) is 9.53 Å². The summed E-state index contributed by atoms with van der Waals surface area (Å²) < 4.78 is 5.43. The molecule has 1 aliphatic rings. The van der Waals surface area contributed by atoms with E-state index in [2.05, 4.69) is 10.5 Å². The average molecular weight is 277 g/mol. The molecule has 0 spiro atoms. The summed E-state index contributed by atoms with van der Waals surface area (Å²) >= 11 is 0. The predicted octanol–water partition coefficient (Wildman–Crippen LogP) is 1.45. The Morgan fingerprint density at radius 1 is 1.55 bits per heavy atom. The zero-order chi connectivity index (χ0) is 14.7. The second-order valence-corrected chi connectivity index (χ2v) is 5.03. The molecular weight excluding hydrogens is 258 g/mol. The van der Waals surface area contributed by atoms with Gasteiger partial charge in [-0.3, -0.25) is 4.79 Å². The van der Waals surface area contributed by atoms with Crippen LogP contribution in [0.4, 0.5) is 5.69 Å². The van der Waals surface area contributed by atoms with Gasteiger partial charge in [0.25, 0.3) is 5.91 Å². The van der Waals surface area contributed by atoms with Crippen molar-refractivity contribution in [3.8, 4) is 0 Å². The maximum Gasteiger partial charge on any atom is 0.253 e. The molecule has 0 saturated carbocycles. The van der Waals surface area contributed by atoms with E-state index in [4.69, 9.17) is 15.7 Å². The lowest BCUT2D eigenvalue weighted by atomic mass is 10.0. The van der Waals surface area contributed by atoms with Crippen LogP contribution in [0, 0.1) is 12.8 Å². The fraction of sp³-hybridized carbons (Fsp3) is 0.429. The summed E-state index contributed by atoms with van der Waals surface area (Å²) in [6.45, 7) is 4.41. The molecule has 2 unspecified atom stereocenters. The van der Waals surface area contributed by atoms with Gasteiger partial charge in [0.2, 0.25) is 0 Å². The first-order valence-corrected chi connectivity index (χ1v) is 6.54. The van der Waals surface area contributed by atoms with Crippen LogP contribution in [-0.4, -0.2) is 29.7 Å². The summed E-state index contributed by atoms with van der Waals surface area (Å²) in [4.78, 5) is 12.2. The van der Waals surface area contributed by atoms with Crippen LogP contribution in [0.25, 0.3) is 0 Å². The predicted molar refractivity (Wildman–Crippen MR) is 75.8 cm³/mol. The Bertz CT molecular complexity index is 542. The normalized spacial score (nSPS) is 22.8. The second kappa shape index (κ2) is 5.92. The number of rotatable bonds is 3. The van der Waals surface area contributed by atoms with E-state index in [0.717, 1.165) is 12.0 Å². The van der Waals surface area contributed by atoms with Gasteiger partial charge in [0.1, 0.15) is 6.10 Å². The lowest BCUT2D eigenvalue weighted by Gasteiger charge is -2.17. The van der Waals surface area contributed by atoms with Crippen molar-refractivity contribution in [2.45, 2.75) is 26.4 Å². The van der Waals surface area contributed by atoms with Gasteiger partial charge in [-0.05, 0) is 30.9 Å². The maximum absolute atomic E-state index is 12.2. The molecule has 1 fully saturated rings. The molecule has 1 saturated heterocycles. The molecule has 1 heterocycles. The molecule has 2 atom stereocenters. The number of aryl methyl sites for hydroxylation is 1. The van der Waals surface area contributed by atoms with Gasteiger partial charge in [0.15, 0.2) is 5.84 Å². The molecule has 1 aromatic rings. The van der Waals surface area contributed by atoms with Crippen LogP contribution in [0.2, 0.25) is 0 Å². The lowest BCUT2D eigenvalue weighted by molar-refractivity contribution is -0.126. The Labute approximate surface area is 117 Å². The Hall–Kier alpha value is -2.08. The number of anilines is 1. The fourth-order valence-electron chi connectivity index (χ4n) is 2.40. The monoisotopic (exact) mass is 277 g/mol. The summed E-state index contributed by atoms with van der Waals surface area (Å²) in [5.41, 5.74) is 7.53. The molecule has 0 aromatic heterocycles. The minimum absolute atomic E-state index is 0.0289. The minimum atomic E-state index is -0.448. The van der Waals surface area contributed by atoms with Crippen molar-refractivity contribution in [1.82, 2.24) is 0 Å². The molecule has 108 valence electrons. The maximum atomic E-state index is 12.2. The zero-order valence-electron chi connectivity index (χ0n) is 11.6. The van der Waals surface area contributed by atoms with Crippen molar-refractivity contribution in [1.29, 1.82) is 0 Å². The number of nitrogens with two attached hydrogens (primary N) is 1. The third-order valence-corrected chi connectivity index (χ3v) is 3.54. The number of amidine groups is 1. The van der Waals surface area contributed by atoms with Gasteiger partial charge in [0.05, 0.1) is 5.69 Å². The number of nitrogens with zero attached hydrogens (tertiary/aromatic N) is 1. The molecule has 0 radical (unpaired) electrons. The van der Waals surface area contributed by atoms with Crippen molar-refractivity contribution in [3.05, 3.63) is 29.3 Å². The highest BCUT2D eigenvalue weighted by Crippen LogP contribution is 2.24. The number of hydrogen-bond acceptors (Lipinski definition) is 4. The van der Waals surface area contributed by atoms with E-state index in [1.165, 1.54) is 0 Å². The molecule has 0 aliphatic carbocycles. The lowest BCUT2D eigenvalue weighted by Crippen LogP contribution is -2.32. The molecule has 1 aromatic carbocycles. The van der Waals surface area contributed by atoms with E-state index in [0.29, 0.717) is 17.9 Å². The number of oxime groups is 1. The first kappa shape index (κ1) is 14.3. The molecule has 6 nitrogen and oxygen atoms in total. The van der Waals surface area contributed by atoms with Crippen molar-refractivity contribution in [2.75, 3.05) is 11.9 Å². The van der Waals surface area contributed by atoms with E-state index in [1.807, 2.05) is 19.9 Å². The van der Waals surface area contributed by atoms with Gasteiger partial charge in [-0.1, -0.05) is 24.2 Å². The molecular formula is C14H19N3O3. The smallest absolute Gasteiger partial charge is 0.253 e. The molecule has 4 N–H and O–H groups in total. The summed E-state index contributed by atoms with van der Waals surface area (Å²) in [6.07, 6.45) is 0.426. The standard InChI is InChI=1S/C14H19N3O3/c1-8-4-3-5-10(11(8)13(15)17-19)16-14(18)12-9(2)6-7-20-12/h3-5,9,12,19H,6-7H2,1-2H3,(H2,15,17)(H,16,18). The van der Waals surface area contributed by atoms with E-state index in [1.54, 1.807) is 12.1 Å². The third kappa shape index (κ3) is 2.75. The number of benzene rings is 1. The van der Waals surface area contributed by atoms with Gasteiger partial charge in [0, 0.05) is 12.2 Å². The SMILES string of the molecule is Cc1cccc(NC(=O)C2OCCC2C)c1/C(N)=N/O. The van der Waals surface area contributed by atoms with Crippen LogP contribution in [0.15, 0.2) is 23.4 Å². The molecule has 2 rings (SSSR count). The summed E-state index contributed by atoms with van der Waals surface area (Å²) in [5, 5.41) is 14.7. The first-order chi connectivity index (χ1) is 9.54. The van der Waals surface area contributed by atoms with Gasteiger partial charge >= 0.3 is 0 Å². The molecule has 1 aliphatic heterocycles. The van der Waals surface area contributed by atoms with Crippen LogP contribution < -0.4 is 11.1 Å². The zero-order valence-corrected chi connectivity index (χ0v) is 11.6. The minimum Gasteiger partial charge on any atom is -0.409 e. The summed E-state index contributed by atoms with van der Waals surface area (Å²) in [7, 11) is 0. The fourth-order valence-corrected chi connectivity index (χ4v) is 2.40. The number of carbonyl (C=O) groups is 1. The van der Waals surface area contributed by atoms with Gasteiger partial charge in [-0.25, -0.2) is 0 Å². The highest BCUT2D eigenvalue weighted by atomic mass is 16.5. The number of amides is 1. The van der Waals surface area contributed by atoms with Crippen molar-refractivity contribution >= 4 is 17.4 Å². The van der Waals surface area contributed by atoms with Crippen LogP contribution in [0.3, 0.4) is 0 Å². The van der Waals surface area contributed by atoms with E-state index < -0.39 is 6.10 Å². The summed E-state index contributed by atoms with van der Waals surface area (Å²) in [5.74, 6) is -0.0431. The Morgan fingerprint density at radius 3 is 2.90 bits per heavy atom. The topological polar surface area (TPSA) is 96.9 Å². The van der Waals surface area contributed by atoms with Gasteiger partial charge < -0.3 is 21.0 Å². The van der Waals surface area contributed by atoms with Crippen LogP contribution >= 0.6 is 0 Å². The van der Waals surface area contributed by atoms with Gasteiger partial charge in [-0.15, -0.1) is 0 Å². The molecule has 0 bridgehead atoms. The van der Waals surface area contributed by atoms with Crippen LogP contribution in [0.5, 0.6) is 0 Å². The molecule has 1 amide bonds. The van der Waals surface area contributed by atoms with Crippen molar-refractivity contribution in [3.63, 3.8) is 0 Å². The highest BCUT2D eigenvalue weighted by molar-refractivity contribution is 6.07. The largest absolute Gasteiger partial charge is 0.409 e. The first-order valence-electron chi connectivity index (χ1n) is 6.54. The average Bonchev–Trinajstić information content (AvgIpc) is 2.84. The number of carbonyl (C=O) groups excluding carboxylic acids is 1. The number of nitrogens with one attached hydrogen (secondary N) is 1. The summed E-state index contributed by atoms with van der Waals surface area (Å²) in [6, 6.07) is 5.35. The second-order valence-electron chi connectivity index (χ2n) is 5.03. The van der Waals surface area contributed by atoms with E-state index >= 15 is 0 Å². The Kier molecular flexibility index (Phi) is 4.24. The Balaban J connectivity index is 2.25. The quantitative estimate of drug-likeness (QED) is 0.337. The molecule has 6 heteroatoms. The molecule has 20 heavy (non-hydrogen) atoms. The van der Waals surface area contributed by atoms with Crippen molar-refractivity contribution in [2.24, 2.45) is 16.8 Å². The number of ether oxygens (including phenoxy) is 1. The van der Waals surface area contributed by atoms with E-state index in [9.17, 15) is 4.79 Å². The van der Waals surface area contributed by atoms with Gasteiger partial charge in [-0.2, -0.15) is 0 Å². The van der Waals surface area contributed by atoms with E-state index in [-0.39, 0.29) is 17.7 Å².